The second kappa shape index (κ2) is 12.0. The first-order chi connectivity index (χ1) is 23.2. The lowest BCUT2D eigenvalue weighted by Gasteiger charge is -2.55. The number of hydrogen-bond donors (Lipinski definition) is 2. The van der Waals surface area contributed by atoms with Crippen molar-refractivity contribution in [1.29, 1.82) is 0 Å². The summed E-state index contributed by atoms with van der Waals surface area (Å²) in [6.45, 7) is 0.00724. The molecule has 1 saturated heterocycles. The van der Waals surface area contributed by atoms with E-state index >= 15 is 4.79 Å². The van der Waals surface area contributed by atoms with Crippen molar-refractivity contribution in [3.8, 4) is 11.5 Å². The highest BCUT2D eigenvalue weighted by Gasteiger charge is 2.65. The summed E-state index contributed by atoms with van der Waals surface area (Å²) in [5.41, 5.74) is 1.65. The number of phenols is 1. The first-order valence-electron chi connectivity index (χ1n) is 16.2. The smallest absolute Gasteiger partial charge is 0.303 e. The number of likely N-dealkylation sites (tertiary alicyclic amines) is 1. The van der Waals surface area contributed by atoms with E-state index in [2.05, 4.69) is 0 Å². The van der Waals surface area contributed by atoms with Crippen molar-refractivity contribution in [2.24, 2.45) is 23.7 Å². The highest BCUT2D eigenvalue weighted by atomic mass is 16.5. The Morgan fingerprint density at radius 2 is 1.65 bits per heavy atom. The van der Waals surface area contributed by atoms with E-state index in [0.717, 1.165) is 5.57 Å². The molecular formula is C39H35NO8. The van der Waals surface area contributed by atoms with Crippen LogP contribution in [-0.4, -0.2) is 58.1 Å². The van der Waals surface area contributed by atoms with Gasteiger partial charge in [-0.3, -0.25) is 28.9 Å². The Balaban J connectivity index is 1.44. The van der Waals surface area contributed by atoms with Gasteiger partial charge in [0.25, 0.3) is 0 Å². The van der Waals surface area contributed by atoms with Crippen LogP contribution in [0.15, 0.2) is 96.6 Å². The number of amides is 2. The van der Waals surface area contributed by atoms with Gasteiger partial charge < -0.3 is 14.9 Å². The summed E-state index contributed by atoms with van der Waals surface area (Å²) in [6.07, 6.45) is 3.85. The maximum absolute atomic E-state index is 15.0. The highest BCUT2D eigenvalue weighted by molar-refractivity contribution is 6.31. The predicted molar refractivity (Wildman–Crippen MR) is 175 cm³/mol. The lowest BCUT2D eigenvalue weighted by molar-refractivity contribution is -0.142. The van der Waals surface area contributed by atoms with E-state index in [-0.39, 0.29) is 67.1 Å². The Bertz CT molecular complexity index is 1900. The third-order valence-electron chi connectivity index (χ3n) is 10.8. The standard InChI is InChI=1S/C39H35NO8/c1-48-31-19-23(14-17-30(31)41)35-25-15-16-26-34(38(47)40(37(26)46)18-8-13-33(43)44)28(25)20-29-36(45)27(22-9-4-2-5-10-22)21-32(42)39(29,35)24-11-6-3-7-12-24/h2-7,9-12,14-15,17,19,21,26,28-29,34-35,41H,8,13,16,18,20H2,1H3,(H,43,44)/t26-,28+,29-,34-,35-,39-/m0/s1. The minimum atomic E-state index is -1.39. The van der Waals surface area contributed by atoms with Crippen LogP contribution in [-0.2, 0) is 29.4 Å². The molecule has 3 aliphatic carbocycles. The van der Waals surface area contributed by atoms with Gasteiger partial charge >= 0.3 is 5.97 Å². The molecule has 3 aromatic carbocycles. The van der Waals surface area contributed by atoms with Crippen molar-refractivity contribution in [3.05, 3.63) is 113 Å². The third-order valence-corrected chi connectivity index (χ3v) is 10.8. The first-order valence-corrected chi connectivity index (χ1v) is 16.2. The van der Waals surface area contributed by atoms with Gasteiger partial charge in [-0.2, -0.15) is 0 Å². The van der Waals surface area contributed by atoms with E-state index in [1.807, 2.05) is 54.6 Å². The van der Waals surface area contributed by atoms with Crippen molar-refractivity contribution < 1.29 is 38.9 Å². The minimum Gasteiger partial charge on any atom is -0.504 e. The number of nitrogens with zero attached hydrogens (tertiary/aromatic N) is 1. The zero-order valence-corrected chi connectivity index (χ0v) is 26.4. The summed E-state index contributed by atoms with van der Waals surface area (Å²) in [5, 5.41) is 19.7. The number of imide groups is 1. The van der Waals surface area contributed by atoms with Gasteiger partial charge in [0.2, 0.25) is 11.8 Å². The lowest BCUT2D eigenvalue weighted by atomic mass is 9.44. The number of aliphatic carboxylic acids is 1. The van der Waals surface area contributed by atoms with E-state index in [1.54, 1.807) is 24.3 Å². The minimum absolute atomic E-state index is 0.00724. The molecule has 3 aromatic rings. The Kier molecular flexibility index (Phi) is 7.86. The van der Waals surface area contributed by atoms with Gasteiger partial charge in [-0.05, 0) is 60.1 Å². The van der Waals surface area contributed by atoms with Crippen LogP contribution in [0.2, 0.25) is 0 Å². The zero-order chi connectivity index (χ0) is 33.7. The molecule has 4 aliphatic rings. The fraction of sp³-hybridized carbons (Fsp3) is 0.308. The van der Waals surface area contributed by atoms with Gasteiger partial charge in [-0.1, -0.05) is 78.4 Å². The number of benzene rings is 3. The number of rotatable bonds is 8. The number of ether oxygens (including phenoxy) is 1. The molecule has 2 N–H and O–H groups in total. The third kappa shape index (κ3) is 4.71. The lowest BCUT2D eigenvalue weighted by Crippen LogP contribution is -2.58. The molecule has 48 heavy (non-hydrogen) atoms. The largest absolute Gasteiger partial charge is 0.504 e. The number of fused-ring (bicyclic) bond motifs is 4. The average Bonchev–Trinajstić information content (AvgIpc) is 3.34. The zero-order valence-electron chi connectivity index (χ0n) is 26.4. The molecule has 9 nitrogen and oxygen atoms in total. The Labute approximate surface area is 277 Å². The van der Waals surface area contributed by atoms with E-state index in [1.165, 1.54) is 24.2 Å². The van der Waals surface area contributed by atoms with Crippen LogP contribution in [0.5, 0.6) is 11.5 Å². The summed E-state index contributed by atoms with van der Waals surface area (Å²) < 4.78 is 5.50. The van der Waals surface area contributed by atoms with Crippen LogP contribution in [0.1, 0.15) is 48.3 Å². The number of Topliss-reactive ketones (excluding diaryl/α,β-unsaturated/α-hetero) is 1. The SMILES string of the molecule is COc1cc([C@H]2C3=CC[C@@H]4C(=O)N(CCCC(=O)O)C(=O)[C@@H]4[C@@H]3C[C@H]3C(=O)C(c4ccccc4)=CC(=O)[C@@]23c2ccccc2)ccc1O. The molecule has 244 valence electrons. The van der Waals surface area contributed by atoms with Gasteiger partial charge in [0.05, 0.1) is 24.4 Å². The van der Waals surface area contributed by atoms with Gasteiger partial charge in [-0.15, -0.1) is 0 Å². The molecule has 1 heterocycles. The molecule has 1 saturated carbocycles. The van der Waals surface area contributed by atoms with Crippen LogP contribution in [0.3, 0.4) is 0 Å². The van der Waals surface area contributed by atoms with Crippen LogP contribution in [0.4, 0.5) is 0 Å². The molecule has 1 aliphatic heterocycles. The van der Waals surface area contributed by atoms with E-state index in [9.17, 15) is 24.3 Å². The van der Waals surface area contributed by atoms with Gasteiger partial charge in [0, 0.05) is 30.4 Å². The molecular weight excluding hydrogens is 610 g/mol. The summed E-state index contributed by atoms with van der Waals surface area (Å²) >= 11 is 0. The summed E-state index contributed by atoms with van der Waals surface area (Å²) in [5.74, 6) is -5.58. The van der Waals surface area contributed by atoms with Crippen molar-refractivity contribution >= 4 is 34.9 Å². The summed E-state index contributed by atoms with van der Waals surface area (Å²) in [7, 11) is 1.44. The molecule has 2 fully saturated rings. The van der Waals surface area contributed by atoms with Crippen molar-refractivity contribution in [3.63, 3.8) is 0 Å². The van der Waals surface area contributed by atoms with E-state index in [4.69, 9.17) is 9.84 Å². The maximum atomic E-state index is 15.0. The number of hydrogen-bond acceptors (Lipinski definition) is 7. The second-order valence-corrected chi connectivity index (χ2v) is 13.0. The number of phenolic OH excluding ortho intramolecular Hbond substituents is 1. The molecule has 0 bridgehead atoms. The van der Waals surface area contributed by atoms with Crippen LogP contribution < -0.4 is 4.74 Å². The normalized spacial score (nSPS) is 27.9. The first kappa shape index (κ1) is 31.3. The highest BCUT2D eigenvalue weighted by Crippen LogP contribution is 2.64. The van der Waals surface area contributed by atoms with Gasteiger partial charge in [-0.25, -0.2) is 0 Å². The number of carboxylic acid groups (broad SMARTS) is 1. The summed E-state index contributed by atoms with van der Waals surface area (Å²) in [4.78, 5) is 70.1. The van der Waals surface area contributed by atoms with Crippen LogP contribution in [0.25, 0.3) is 5.57 Å². The van der Waals surface area contributed by atoms with Crippen LogP contribution >= 0.6 is 0 Å². The quantitative estimate of drug-likeness (QED) is 0.255. The molecule has 6 atom stereocenters. The second-order valence-electron chi connectivity index (χ2n) is 13.0. The van der Waals surface area contributed by atoms with Crippen molar-refractivity contribution in [1.82, 2.24) is 4.90 Å². The molecule has 7 rings (SSSR count). The molecule has 0 aromatic heterocycles. The predicted octanol–water partition coefficient (Wildman–Crippen LogP) is 5.09. The fourth-order valence-corrected chi connectivity index (χ4v) is 8.80. The number of carbonyl (C=O) groups is 5. The Morgan fingerprint density at radius 1 is 0.938 bits per heavy atom. The number of allylic oxidation sites excluding steroid dienone is 4. The number of carbonyl (C=O) groups excluding carboxylic acids is 4. The molecule has 0 unspecified atom stereocenters. The molecule has 0 spiro atoms. The van der Waals surface area contributed by atoms with Gasteiger partial charge in [0.1, 0.15) is 0 Å². The van der Waals surface area contributed by atoms with Gasteiger partial charge in [0.15, 0.2) is 23.1 Å². The average molecular weight is 646 g/mol. The van der Waals surface area contributed by atoms with Crippen LogP contribution in [0, 0.1) is 23.7 Å². The topological polar surface area (TPSA) is 138 Å². The number of carboxylic acids is 1. The number of aromatic hydroxyl groups is 1. The maximum Gasteiger partial charge on any atom is 0.303 e. The Hall–Kier alpha value is -5.31. The molecule has 2 amide bonds. The molecule has 9 heteroatoms. The monoisotopic (exact) mass is 645 g/mol. The van der Waals surface area contributed by atoms with Crippen molar-refractivity contribution in [2.45, 2.75) is 37.0 Å². The summed E-state index contributed by atoms with van der Waals surface area (Å²) in [6, 6.07) is 23.3. The number of ketones is 2. The van der Waals surface area contributed by atoms with E-state index in [0.29, 0.717) is 22.3 Å². The fourth-order valence-electron chi connectivity index (χ4n) is 8.80. The number of methoxy groups -OCH3 is 1. The van der Waals surface area contributed by atoms with Crippen molar-refractivity contribution in [2.75, 3.05) is 13.7 Å². The molecule has 0 radical (unpaired) electrons. The Morgan fingerprint density at radius 3 is 2.33 bits per heavy atom. The van der Waals surface area contributed by atoms with E-state index < -0.39 is 41.0 Å².